The maximum atomic E-state index is 13.2. The van der Waals surface area contributed by atoms with Crippen LogP contribution in [0.25, 0.3) is 0 Å². The Kier molecular flexibility index (Phi) is 5.90. The first-order chi connectivity index (χ1) is 14.0. The third kappa shape index (κ3) is 4.64. The molecular formula is C23H28N2O3S. The van der Waals surface area contributed by atoms with Crippen molar-refractivity contribution in [1.29, 1.82) is 0 Å². The molecule has 0 N–H and O–H groups in total. The highest BCUT2D eigenvalue weighted by Crippen LogP contribution is 2.35. The maximum Gasteiger partial charge on any atom is 0.242 e. The number of aryl methyl sites for hydroxylation is 1. The molecule has 2 aromatic rings. The second kappa shape index (κ2) is 8.57. The van der Waals surface area contributed by atoms with Gasteiger partial charge in [0.1, 0.15) is 12.4 Å². The SMILES string of the molecule is CC(=O)N(CC(=O)N1CCc2sccc2[C@H]1COc1ccccc1C)CC1CC1. The van der Waals surface area contributed by atoms with Gasteiger partial charge in [-0.3, -0.25) is 9.59 Å². The summed E-state index contributed by atoms with van der Waals surface area (Å²) in [5, 5.41) is 2.09. The van der Waals surface area contributed by atoms with E-state index in [0.29, 0.717) is 25.6 Å². The first-order valence-corrected chi connectivity index (χ1v) is 11.2. The summed E-state index contributed by atoms with van der Waals surface area (Å²) >= 11 is 1.75. The Hall–Kier alpha value is -2.34. The molecule has 1 aliphatic heterocycles. The van der Waals surface area contributed by atoms with Crippen molar-refractivity contribution in [2.24, 2.45) is 5.92 Å². The van der Waals surface area contributed by atoms with Crippen molar-refractivity contribution in [2.45, 2.75) is 39.2 Å². The summed E-state index contributed by atoms with van der Waals surface area (Å²) in [5.41, 5.74) is 2.26. The van der Waals surface area contributed by atoms with Gasteiger partial charge in [0, 0.05) is 24.9 Å². The van der Waals surface area contributed by atoms with Crippen LogP contribution in [0.2, 0.25) is 0 Å². The van der Waals surface area contributed by atoms with E-state index in [1.54, 1.807) is 23.2 Å². The molecule has 0 radical (unpaired) electrons. The minimum absolute atomic E-state index is 0.0103. The highest BCUT2D eigenvalue weighted by Gasteiger charge is 2.34. The Labute approximate surface area is 176 Å². The van der Waals surface area contributed by atoms with Crippen molar-refractivity contribution >= 4 is 23.2 Å². The molecule has 0 spiro atoms. The molecule has 6 heteroatoms. The smallest absolute Gasteiger partial charge is 0.242 e. The van der Waals surface area contributed by atoms with Crippen molar-refractivity contribution in [2.75, 3.05) is 26.2 Å². The second-order valence-electron chi connectivity index (χ2n) is 8.07. The van der Waals surface area contributed by atoms with Gasteiger partial charge in [0.2, 0.25) is 11.8 Å². The number of para-hydroxylation sites is 1. The number of fused-ring (bicyclic) bond motifs is 1. The summed E-state index contributed by atoms with van der Waals surface area (Å²) in [6.45, 7) is 5.53. The third-order valence-corrected chi connectivity index (χ3v) is 6.85. The lowest BCUT2D eigenvalue weighted by molar-refractivity contribution is -0.142. The largest absolute Gasteiger partial charge is 0.491 e. The minimum Gasteiger partial charge on any atom is -0.491 e. The third-order valence-electron chi connectivity index (χ3n) is 5.85. The van der Waals surface area contributed by atoms with Crippen LogP contribution in [0.3, 0.4) is 0 Å². The van der Waals surface area contributed by atoms with Gasteiger partial charge in [-0.1, -0.05) is 18.2 Å². The van der Waals surface area contributed by atoms with E-state index in [4.69, 9.17) is 4.74 Å². The molecule has 2 heterocycles. The highest BCUT2D eigenvalue weighted by atomic mass is 32.1. The molecule has 0 unspecified atom stereocenters. The van der Waals surface area contributed by atoms with E-state index in [-0.39, 0.29) is 24.4 Å². The second-order valence-corrected chi connectivity index (χ2v) is 9.07. The van der Waals surface area contributed by atoms with E-state index in [2.05, 4.69) is 11.4 Å². The number of ether oxygens (including phenoxy) is 1. The highest BCUT2D eigenvalue weighted by molar-refractivity contribution is 7.10. The van der Waals surface area contributed by atoms with Gasteiger partial charge in [-0.15, -0.1) is 11.3 Å². The normalized spacial score (nSPS) is 18.3. The zero-order chi connectivity index (χ0) is 20.4. The van der Waals surface area contributed by atoms with Crippen molar-refractivity contribution < 1.29 is 14.3 Å². The van der Waals surface area contributed by atoms with Gasteiger partial charge in [0.15, 0.2) is 0 Å². The summed E-state index contributed by atoms with van der Waals surface area (Å²) in [6.07, 6.45) is 3.18. The number of carbonyl (C=O) groups excluding carboxylic acids is 2. The van der Waals surface area contributed by atoms with Gasteiger partial charge in [0.05, 0.1) is 12.6 Å². The Morgan fingerprint density at radius 2 is 2.03 bits per heavy atom. The van der Waals surface area contributed by atoms with Crippen LogP contribution in [0.4, 0.5) is 0 Å². The molecule has 0 saturated heterocycles. The first kappa shape index (κ1) is 20.0. The lowest BCUT2D eigenvalue weighted by atomic mass is 10.0. The number of thiophene rings is 1. The predicted molar refractivity (Wildman–Crippen MR) is 114 cm³/mol. The van der Waals surface area contributed by atoms with Gasteiger partial charge in [-0.25, -0.2) is 0 Å². The molecule has 1 aromatic heterocycles. The Morgan fingerprint density at radius 1 is 1.24 bits per heavy atom. The molecule has 1 aliphatic carbocycles. The topological polar surface area (TPSA) is 49.9 Å². The summed E-state index contributed by atoms with van der Waals surface area (Å²) in [5.74, 6) is 1.40. The lowest BCUT2D eigenvalue weighted by Crippen LogP contribution is -2.47. The quantitative estimate of drug-likeness (QED) is 0.695. The molecule has 1 aromatic carbocycles. The molecule has 154 valence electrons. The van der Waals surface area contributed by atoms with Crippen LogP contribution in [0.5, 0.6) is 5.75 Å². The summed E-state index contributed by atoms with van der Waals surface area (Å²) in [7, 11) is 0. The molecule has 1 atom stereocenters. The van der Waals surface area contributed by atoms with Crippen molar-refractivity contribution in [3.8, 4) is 5.75 Å². The van der Waals surface area contributed by atoms with Crippen LogP contribution < -0.4 is 4.74 Å². The minimum atomic E-state index is -0.119. The summed E-state index contributed by atoms with van der Waals surface area (Å²) < 4.78 is 6.14. The molecule has 1 fully saturated rings. The standard InChI is InChI=1S/C23H28N2O3S/c1-16-5-3-4-6-21(16)28-15-20-19-10-12-29-22(19)9-11-25(20)23(27)14-24(17(2)26)13-18-7-8-18/h3-6,10,12,18,20H,7-9,11,13-15H2,1-2H3/t20-/m1/s1. The molecule has 1 saturated carbocycles. The van der Waals surface area contributed by atoms with Gasteiger partial charge < -0.3 is 14.5 Å². The molecular weight excluding hydrogens is 384 g/mol. The van der Waals surface area contributed by atoms with Crippen LogP contribution >= 0.6 is 11.3 Å². The zero-order valence-corrected chi connectivity index (χ0v) is 17.9. The van der Waals surface area contributed by atoms with E-state index in [9.17, 15) is 9.59 Å². The summed E-state index contributed by atoms with van der Waals surface area (Å²) in [6, 6.07) is 9.94. The number of hydrogen-bond acceptors (Lipinski definition) is 4. The van der Waals surface area contributed by atoms with Crippen LogP contribution in [0, 0.1) is 12.8 Å². The van der Waals surface area contributed by atoms with E-state index in [1.807, 2.05) is 36.1 Å². The van der Waals surface area contributed by atoms with Crippen molar-refractivity contribution in [3.63, 3.8) is 0 Å². The average molecular weight is 413 g/mol. The van der Waals surface area contributed by atoms with Crippen LogP contribution in [-0.4, -0.2) is 47.9 Å². The van der Waals surface area contributed by atoms with E-state index < -0.39 is 0 Å². The molecule has 5 nitrogen and oxygen atoms in total. The number of amides is 2. The fourth-order valence-electron chi connectivity index (χ4n) is 3.93. The van der Waals surface area contributed by atoms with Gasteiger partial charge in [-0.05, 0) is 60.7 Å². The first-order valence-electron chi connectivity index (χ1n) is 10.3. The molecule has 0 bridgehead atoms. The van der Waals surface area contributed by atoms with Crippen LogP contribution in [0.15, 0.2) is 35.7 Å². The van der Waals surface area contributed by atoms with Gasteiger partial charge in [0.25, 0.3) is 0 Å². The Bertz CT molecular complexity index is 890. The van der Waals surface area contributed by atoms with Crippen LogP contribution in [-0.2, 0) is 16.0 Å². The Morgan fingerprint density at radius 3 is 2.76 bits per heavy atom. The Balaban J connectivity index is 1.50. The molecule has 2 aliphatic rings. The van der Waals surface area contributed by atoms with Crippen LogP contribution in [0.1, 0.15) is 41.8 Å². The lowest BCUT2D eigenvalue weighted by Gasteiger charge is -2.37. The monoisotopic (exact) mass is 412 g/mol. The number of hydrogen-bond donors (Lipinski definition) is 0. The number of rotatable bonds is 7. The fourth-order valence-corrected chi connectivity index (χ4v) is 4.86. The summed E-state index contributed by atoms with van der Waals surface area (Å²) in [4.78, 5) is 30.2. The van der Waals surface area contributed by atoms with Crippen molar-refractivity contribution in [1.82, 2.24) is 9.80 Å². The predicted octanol–water partition coefficient (Wildman–Crippen LogP) is 3.82. The number of nitrogens with zero attached hydrogens (tertiary/aromatic N) is 2. The van der Waals surface area contributed by atoms with E-state index in [1.165, 1.54) is 10.4 Å². The van der Waals surface area contributed by atoms with E-state index >= 15 is 0 Å². The van der Waals surface area contributed by atoms with E-state index in [0.717, 1.165) is 30.6 Å². The number of benzene rings is 1. The fraction of sp³-hybridized carbons (Fsp3) is 0.478. The van der Waals surface area contributed by atoms with Gasteiger partial charge in [-0.2, -0.15) is 0 Å². The molecule has 4 rings (SSSR count). The molecule has 29 heavy (non-hydrogen) atoms. The van der Waals surface area contributed by atoms with Crippen molar-refractivity contribution in [3.05, 3.63) is 51.7 Å². The average Bonchev–Trinajstić information content (AvgIpc) is 3.39. The zero-order valence-electron chi connectivity index (χ0n) is 17.1. The van der Waals surface area contributed by atoms with Gasteiger partial charge >= 0.3 is 0 Å². The molecule has 2 amide bonds. The number of carbonyl (C=O) groups is 2. The maximum absolute atomic E-state index is 13.2.